The van der Waals surface area contributed by atoms with Gasteiger partial charge in [0.1, 0.15) is 5.54 Å². The number of benzene rings is 1. The lowest BCUT2D eigenvalue weighted by Crippen LogP contribution is -2.56. The number of hydrogen-bond acceptors (Lipinski definition) is 4. The fourth-order valence-electron chi connectivity index (χ4n) is 3.62. The lowest BCUT2D eigenvalue weighted by Gasteiger charge is -2.38. The Morgan fingerprint density at radius 2 is 1.77 bits per heavy atom. The van der Waals surface area contributed by atoms with Gasteiger partial charge in [0.15, 0.2) is 0 Å². The first kappa shape index (κ1) is 18.6. The summed E-state index contributed by atoms with van der Waals surface area (Å²) in [5.41, 5.74) is 9.85. The Bertz CT molecular complexity index is 773. The molecule has 26 heavy (non-hydrogen) atoms. The largest absolute Gasteiger partial charge is 0.338 e. The maximum absolute atomic E-state index is 13.0. The molecular weight excluding hydrogens is 326 g/mol. The molecule has 0 spiro atoms. The zero-order chi connectivity index (χ0) is 18.9. The zero-order valence-corrected chi connectivity index (χ0v) is 16.2. The molecule has 0 bridgehead atoms. The molecule has 0 aliphatic carbocycles. The van der Waals surface area contributed by atoms with Gasteiger partial charge in [0, 0.05) is 51.0 Å². The van der Waals surface area contributed by atoms with Crippen LogP contribution in [0.5, 0.6) is 0 Å². The molecule has 3 rings (SSSR count). The van der Waals surface area contributed by atoms with E-state index < -0.39 is 5.54 Å². The van der Waals surface area contributed by atoms with Gasteiger partial charge in [0.05, 0.1) is 5.69 Å². The molecule has 1 saturated heterocycles. The Balaban J connectivity index is 1.62. The Morgan fingerprint density at radius 3 is 2.31 bits per heavy atom. The zero-order valence-electron chi connectivity index (χ0n) is 16.2. The molecule has 6 nitrogen and oxygen atoms in total. The molecule has 1 aliphatic heterocycles. The van der Waals surface area contributed by atoms with Crippen LogP contribution in [0.25, 0.3) is 0 Å². The van der Waals surface area contributed by atoms with Crippen LogP contribution in [0.3, 0.4) is 0 Å². The number of carbonyl (C=O) groups excluding carboxylic acids is 1. The summed E-state index contributed by atoms with van der Waals surface area (Å²) in [6.45, 7) is 9.96. The first-order chi connectivity index (χ1) is 12.3. The summed E-state index contributed by atoms with van der Waals surface area (Å²) in [6, 6.07) is 9.61. The van der Waals surface area contributed by atoms with E-state index in [-0.39, 0.29) is 5.91 Å². The third kappa shape index (κ3) is 3.52. The van der Waals surface area contributed by atoms with Gasteiger partial charge in [-0.2, -0.15) is 5.10 Å². The van der Waals surface area contributed by atoms with Crippen molar-refractivity contribution < 1.29 is 4.79 Å². The molecule has 6 heteroatoms. The van der Waals surface area contributed by atoms with Gasteiger partial charge < -0.3 is 10.6 Å². The Hall–Kier alpha value is -2.18. The average Bonchev–Trinajstić information content (AvgIpc) is 2.88. The van der Waals surface area contributed by atoms with Crippen molar-refractivity contribution in [1.82, 2.24) is 19.6 Å². The third-order valence-electron chi connectivity index (χ3n) is 5.52. The smallest absolute Gasteiger partial charge is 0.247 e. The lowest BCUT2D eigenvalue weighted by atomic mass is 9.91. The number of nitrogens with zero attached hydrogens (tertiary/aromatic N) is 4. The predicted molar refractivity (Wildman–Crippen MR) is 103 cm³/mol. The molecule has 1 atom stereocenters. The fourth-order valence-corrected chi connectivity index (χ4v) is 3.62. The van der Waals surface area contributed by atoms with Crippen LogP contribution in [0, 0.1) is 13.8 Å². The molecular formula is C20H29N5O. The summed E-state index contributed by atoms with van der Waals surface area (Å²) in [5, 5.41) is 4.49. The second-order valence-electron chi connectivity index (χ2n) is 7.41. The monoisotopic (exact) mass is 355 g/mol. The van der Waals surface area contributed by atoms with Gasteiger partial charge in [-0.05, 0) is 26.3 Å². The van der Waals surface area contributed by atoms with Gasteiger partial charge in [-0.25, -0.2) is 0 Å². The van der Waals surface area contributed by atoms with Crippen molar-refractivity contribution in [3.8, 4) is 0 Å². The Labute approximate surface area is 155 Å². The first-order valence-corrected chi connectivity index (χ1v) is 9.16. The van der Waals surface area contributed by atoms with Crippen LogP contribution in [0.1, 0.15) is 29.4 Å². The highest BCUT2D eigenvalue weighted by atomic mass is 16.2. The highest BCUT2D eigenvalue weighted by molar-refractivity contribution is 5.87. The minimum Gasteiger partial charge on any atom is -0.338 e. The van der Waals surface area contributed by atoms with Crippen LogP contribution in [-0.2, 0) is 23.9 Å². The van der Waals surface area contributed by atoms with Gasteiger partial charge in [-0.3, -0.25) is 14.4 Å². The average molecular weight is 355 g/mol. The third-order valence-corrected chi connectivity index (χ3v) is 5.52. The number of aryl methyl sites for hydroxylation is 2. The molecule has 1 amide bonds. The van der Waals surface area contributed by atoms with E-state index >= 15 is 0 Å². The predicted octanol–water partition coefficient (Wildman–Crippen LogP) is 1.56. The minimum atomic E-state index is -0.986. The van der Waals surface area contributed by atoms with E-state index in [1.807, 2.05) is 47.0 Å². The maximum atomic E-state index is 13.0. The summed E-state index contributed by atoms with van der Waals surface area (Å²) >= 11 is 0. The van der Waals surface area contributed by atoms with E-state index in [1.165, 1.54) is 11.3 Å². The van der Waals surface area contributed by atoms with Gasteiger partial charge >= 0.3 is 0 Å². The number of aromatic nitrogens is 2. The number of amides is 1. The number of carbonyl (C=O) groups is 1. The quantitative estimate of drug-likeness (QED) is 0.904. The molecule has 2 N–H and O–H groups in total. The normalized spacial score (nSPS) is 18.0. The molecule has 0 saturated carbocycles. The molecule has 1 aromatic carbocycles. The Morgan fingerprint density at radius 1 is 1.15 bits per heavy atom. The van der Waals surface area contributed by atoms with E-state index in [9.17, 15) is 4.79 Å². The van der Waals surface area contributed by atoms with Gasteiger partial charge in [-0.15, -0.1) is 0 Å². The van der Waals surface area contributed by atoms with Crippen LogP contribution >= 0.6 is 0 Å². The molecule has 2 aromatic rings. The summed E-state index contributed by atoms with van der Waals surface area (Å²) < 4.78 is 1.93. The highest BCUT2D eigenvalue weighted by Gasteiger charge is 2.35. The second kappa shape index (κ2) is 7.21. The number of piperazine rings is 1. The highest BCUT2D eigenvalue weighted by Crippen LogP contribution is 2.22. The van der Waals surface area contributed by atoms with Crippen molar-refractivity contribution in [2.75, 3.05) is 26.2 Å². The molecule has 1 fully saturated rings. The van der Waals surface area contributed by atoms with Gasteiger partial charge in [0.25, 0.3) is 0 Å². The topological polar surface area (TPSA) is 67.4 Å². The standard InChI is InChI=1S/C20H29N5O/c1-15-18(16(2)23(4)22-15)14-24-10-12-25(13-11-24)19(26)20(3,21)17-8-6-5-7-9-17/h5-9H,10-14,21H2,1-4H3. The van der Waals surface area contributed by atoms with Crippen LogP contribution in [0.15, 0.2) is 30.3 Å². The number of rotatable bonds is 4. The Kier molecular flexibility index (Phi) is 5.16. The lowest BCUT2D eigenvalue weighted by molar-refractivity contribution is -0.138. The first-order valence-electron chi connectivity index (χ1n) is 9.16. The molecule has 0 radical (unpaired) electrons. The molecule has 1 aliphatic rings. The van der Waals surface area contributed by atoms with Crippen molar-refractivity contribution >= 4 is 5.91 Å². The maximum Gasteiger partial charge on any atom is 0.247 e. The van der Waals surface area contributed by atoms with Crippen molar-refractivity contribution in [2.45, 2.75) is 32.9 Å². The van der Waals surface area contributed by atoms with Crippen LogP contribution in [-0.4, -0.2) is 51.7 Å². The number of nitrogens with two attached hydrogens (primary N) is 1. The summed E-state index contributed by atoms with van der Waals surface area (Å²) in [6.07, 6.45) is 0. The summed E-state index contributed by atoms with van der Waals surface area (Å²) in [7, 11) is 1.98. The van der Waals surface area contributed by atoms with Crippen molar-refractivity contribution in [3.05, 3.63) is 52.8 Å². The van der Waals surface area contributed by atoms with Crippen molar-refractivity contribution in [1.29, 1.82) is 0 Å². The van der Waals surface area contributed by atoms with Crippen LogP contribution in [0.4, 0.5) is 0 Å². The van der Waals surface area contributed by atoms with Crippen LogP contribution in [0.2, 0.25) is 0 Å². The van der Waals surface area contributed by atoms with Crippen molar-refractivity contribution in [2.24, 2.45) is 12.8 Å². The SMILES string of the molecule is Cc1nn(C)c(C)c1CN1CCN(C(=O)C(C)(N)c2ccccc2)CC1. The molecule has 140 valence electrons. The summed E-state index contributed by atoms with van der Waals surface area (Å²) in [5.74, 6) is -0.00270. The fraction of sp³-hybridized carbons (Fsp3) is 0.500. The minimum absolute atomic E-state index is 0.00270. The van der Waals surface area contributed by atoms with E-state index in [2.05, 4.69) is 23.8 Å². The molecule has 1 unspecified atom stereocenters. The van der Waals surface area contributed by atoms with E-state index in [0.29, 0.717) is 13.1 Å². The van der Waals surface area contributed by atoms with Crippen LogP contribution < -0.4 is 5.73 Å². The molecule has 2 heterocycles. The van der Waals surface area contributed by atoms with Gasteiger partial charge in [-0.1, -0.05) is 30.3 Å². The molecule has 1 aromatic heterocycles. The van der Waals surface area contributed by atoms with Gasteiger partial charge in [0.2, 0.25) is 5.91 Å². The van der Waals surface area contributed by atoms with Crippen molar-refractivity contribution in [3.63, 3.8) is 0 Å². The van der Waals surface area contributed by atoms with E-state index in [1.54, 1.807) is 6.92 Å². The summed E-state index contributed by atoms with van der Waals surface area (Å²) in [4.78, 5) is 17.2. The van der Waals surface area contributed by atoms with E-state index in [0.717, 1.165) is 30.9 Å². The number of hydrogen-bond donors (Lipinski definition) is 1. The van der Waals surface area contributed by atoms with E-state index in [4.69, 9.17) is 5.73 Å². The second-order valence-corrected chi connectivity index (χ2v) is 7.41.